The van der Waals surface area contributed by atoms with Crippen LogP contribution in [-0.4, -0.2) is 45.7 Å². The number of hydrogen-bond acceptors (Lipinski definition) is 5. The smallest absolute Gasteiger partial charge is 0.270 e. The fraction of sp³-hybridized carbons (Fsp3) is 0.263. The monoisotopic (exact) mass is 419 g/mol. The third-order valence-electron chi connectivity index (χ3n) is 4.40. The minimum Gasteiger partial charge on any atom is -0.616 e. The van der Waals surface area contributed by atoms with Crippen molar-refractivity contribution in [3.8, 4) is 0 Å². The average Bonchev–Trinajstić information content (AvgIpc) is 2.82. The van der Waals surface area contributed by atoms with Crippen LogP contribution in [0.5, 0.6) is 0 Å². The van der Waals surface area contributed by atoms with Gasteiger partial charge in [0.15, 0.2) is 0 Å². The van der Waals surface area contributed by atoms with Crippen LogP contribution in [0.25, 0.3) is 0 Å². The van der Waals surface area contributed by atoms with Crippen molar-refractivity contribution in [3.05, 3.63) is 68.7 Å². The van der Waals surface area contributed by atoms with Crippen molar-refractivity contribution in [3.63, 3.8) is 0 Å². The number of non-ortho nitro benzene ring substituents is 1. The molecule has 146 valence electrons. The van der Waals surface area contributed by atoms with Crippen molar-refractivity contribution < 1.29 is 14.3 Å². The molecule has 0 saturated carbocycles. The summed E-state index contributed by atoms with van der Waals surface area (Å²) < 4.78 is 11.9. The van der Waals surface area contributed by atoms with E-state index in [4.69, 9.17) is 11.6 Å². The zero-order valence-corrected chi connectivity index (χ0v) is 16.7. The van der Waals surface area contributed by atoms with E-state index < -0.39 is 16.1 Å². The standard InChI is InChI=1S/C19H18ClN3O4S/c1-2-28(27)10-9-22-17-8-7-13(23(25)26)11-15(17)19(21-12-18(22)24)14-5-3-4-6-16(14)20/h3-8,11H,2,9-10,12H2,1H3. The molecular weight excluding hydrogens is 402 g/mol. The lowest BCUT2D eigenvalue weighted by Gasteiger charge is -2.23. The van der Waals surface area contributed by atoms with Crippen molar-refractivity contribution in [2.24, 2.45) is 4.99 Å². The summed E-state index contributed by atoms with van der Waals surface area (Å²) in [5.74, 6) is 0.557. The predicted octanol–water partition coefficient (Wildman–Crippen LogP) is 3.20. The Kier molecular flexibility index (Phi) is 6.33. The highest BCUT2D eigenvalue weighted by Gasteiger charge is 2.28. The molecule has 0 fully saturated rings. The third-order valence-corrected chi connectivity index (χ3v) is 6.02. The second-order valence-electron chi connectivity index (χ2n) is 6.08. The van der Waals surface area contributed by atoms with E-state index in [1.165, 1.54) is 23.1 Å². The number of benzene rings is 2. The molecule has 0 radical (unpaired) electrons. The van der Waals surface area contributed by atoms with Gasteiger partial charge in [-0.25, -0.2) is 0 Å². The number of amides is 1. The number of benzodiazepines with no additional fused rings is 1. The largest absolute Gasteiger partial charge is 0.616 e. The molecule has 0 saturated heterocycles. The third kappa shape index (κ3) is 4.19. The van der Waals surface area contributed by atoms with Crippen LogP contribution < -0.4 is 4.90 Å². The van der Waals surface area contributed by atoms with Crippen molar-refractivity contribution in [1.82, 2.24) is 0 Å². The molecule has 7 nitrogen and oxygen atoms in total. The maximum absolute atomic E-state index is 12.7. The first-order chi connectivity index (χ1) is 13.4. The Labute approximate surface area is 170 Å². The number of rotatable bonds is 6. The summed E-state index contributed by atoms with van der Waals surface area (Å²) in [6, 6.07) is 11.3. The van der Waals surface area contributed by atoms with Crippen LogP contribution in [0.3, 0.4) is 0 Å². The highest BCUT2D eigenvalue weighted by Crippen LogP contribution is 2.32. The number of hydrogen-bond donors (Lipinski definition) is 0. The normalized spacial score (nSPS) is 14.9. The summed E-state index contributed by atoms with van der Waals surface area (Å²) in [5.41, 5.74) is 1.87. The number of nitro groups is 1. The highest BCUT2D eigenvalue weighted by molar-refractivity contribution is 7.91. The van der Waals surface area contributed by atoms with Crippen LogP contribution in [0.2, 0.25) is 5.02 Å². The first kappa shape index (κ1) is 20.3. The van der Waals surface area contributed by atoms with E-state index in [0.29, 0.717) is 39.1 Å². The Balaban J connectivity index is 2.13. The van der Waals surface area contributed by atoms with E-state index in [2.05, 4.69) is 4.99 Å². The molecule has 0 aliphatic carbocycles. The zero-order valence-electron chi connectivity index (χ0n) is 15.1. The van der Waals surface area contributed by atoms with Gasteiger partial charge in [-0.05, 0) is 19.1 Å². The minimum absolute atomic E-state index is 0.107. The number of carbonyl (C=O) groups excluding carboxylic acids is 1. The Morgan fingerprint density at radius 1 is 1.25 bits per heavy atom. The Morgan fingerprint density at radius 2 is 2.00 bits per heavy atom. The van der Waals surface area contributed by atoms with E-state index in [0.717, 1.165) is 0 Å². The molecular formula is C19H18ClN3O4S. The predicted molar refractivity (Wildman–Crippen MR) is 111 cm³/mol. The van der Waals surface area contributed by atoms with Gasteiger partial charge in [0, 0.05) is 28.3 Å². The van der Waals surface area contributed by atoms with Gasteiger partial charge in [0.2, 0.25) is 5.91 Å². The molecule has 9 heteroatoms. The van der Waals surface area contributed by atoms with Gasteiger partial charge < -0.3 is 9.45 Å². The number of fused-ring (bicyclic) bond motifs is 1. The van der Waals surface area contributed by atoms with E-state index in [-0.39, 0.29) is 24.7 Å². The number of anilines is 1. The van der Waals surface area contributed by atoms with Gasteiger partial charge in [0.1, 0.15) is 18.1 Å². The lowest BCUT2D eigenvalue weighted by Crippen LogP contribution is -2.36. The molecule has 1 amide bonds. The lowest BCUT2D eigenvalue weighted by molar-refractivity contribution is -0.384. The molecule has 1 atom stereocenters. The maximum Gasteiger partial charge on any atom is 0.270 e. The second-order valence-corrected chi connectivity index (χ2v) is 8.35. The van der Waals surface area contributed by atoms with Gasteiger partial charge in [-0.2, -0.15) is 0 Å². The topological polar surface area (TPSA) is 98.9 Å². The average molecular weight is 420 g/mol. The van der Waals surface area contributed by atoms with Gasteiger partial charge in [-0.1, -0.05) is 41.0 Å². The molecule has 1 aliphatic rings. The number of nitrogens with zero attached hydrogens (tertiary/aromatic N) is 3. The molecule has 0 N–H and O–H groups in total. The number of aliphatic imine (C=N–C) groups is 1. The van der Waals surface area contributed by atoms with E-state index >= 15 is 0 Å². The molecule has 1 unspecified atom stereocenters. The van der Waals surface area contributed by atoms with Gasteiger partial charge in [-0.15, -0.1) is 0 Å². The van der Waals surface area contributed by atoms with E-state index in [1.54, 1.807) is 24.3 Å². The van der Waals surface area contributed by atoms with Gasteiger partial charge in [-0.3, -0.25) is 19.9 Å². The van der Waals surface area contributed by atoms with Crippen molar-refractivity contribution in [2.45, 2.75) is 6.92 Å². The quantitative estimate of drug-likeness (QED) is 0.407. The van der Waals surface area contributed by atoms with E-state index in [9.17, 15) is 19.5 Å². The summed E-state index contributed by atoms with van der Waals surface area (Å²) in [6.07, 6.45) is 0. The van der Waals surface area contributed by atoms with E-state index in [1.807, 2.05) is 6.92 Å². The zero-order chi connectivity index (χ0) is 20.3. The second kappa shape index (κ2) is 8.72. The number of halogens is 1. The summed E-state index contributed by atoms with van der Waals surface area (Å²) in [7, 11) is 0. The van der Waals surface area contributed by atoms with Crippen LogP contribution >= 0.6 is 11.6 Å². The van der Waals surface area contributed by atoms with Crippen molar-refractivity contribution >= 4 is 45.8 Å². The van der Waals surface area contributed by atoms with Crippen LogP contribution in [0.15, 0.2) is 47.5 Å². The minimum atomic E-state index is -1.05. The lowest BCUT2D eigenvalue weighted by atomic mass is 9.99. The van der Waals surface area contributed by atoms with Crippen molar-refractivity contribution in [1.29, 1.82) is 0 Å². The van der Waals surface area contributed by atoms with Crippen LogP contribution in [0, 0.1) is 10.1 Å². The van der Waals surface area contributed by atoms with Crippen molar-refractivity contribution in [2.75, 3.05) is 29.5 Å². The molecule has 3 rings (SSSR count). The van der Waals surface area contributed by atoms with Gasteiger partial charge in [0.05, 0.1) is 22.9 Å². The number of nitro benzene ring substituents is 1. The summed E-state index contributed by atoms with van der Waals surface area (Å²) in [5, 5.41) is 11.7. The Bertz CT molecular complexity index is 951. The highest BCUT2D eigenvalue weighted by atomic mass is 35.5. The molecule has 0 aromatic heterocycles. The summed E-state index contributed by atoms with van der Waals surface area (Å²) in [4.78, 5) is 29.4. The number of carbonyl (C=O) groups is 1. The molecule has 0 bridgehead atoms. The molecule has 2 aromatic rings. The van der Waals surface area contributed by atoms with Gasteiger partial charge in [0.25, 0.3) is 5.69 Å². The molecule has 28 heavy (non-hydrogen) atoms. The molecule has 1 heterocycles. The molecule has 0 spiro atoms. The Hall–Kier alpha value is -2.42. The fourth-order valence-electron chi connectivity index (χ4n) is 2.98. The summed E-state index contributed by atoms with van der Waals surface area (Å²) >= 11 is 5.27. The van der Waals surface area contributed by atoms with Crippen LogP contribution in [0.4, 0.5) is 11.4 Å². The van der Waals surface area contributed by atoms with Crippen LogP contribution in [0.1, 0.15) is 18.1 Å². The fourth-order valence-corrected chi connectivity index (χ4v) is 3.88. The first-order valence-corrected chi connectivity index (χ1v) is 10.5. The van der Waals surface area contributed by atoms with Crippen LogP contribution in [-0.2, 0) is 16.0 Å². The SMILES string of the molecule is CC[S+]([O-])CCN1C(=O)CN=C(c2ccccc2Cl)c2cc([N+](=O)[O-])ccc21. The first-order valence-electron chi connectivity index (χ1n) is 8.66. The Morgan fingerprint density at radius 3 is 2.68 bits per heavy atom. The van der Waals surface area contributed by atoms with Gasteiger partial charge >= 0.3 is 0 Å². The maximum atomic E-state index is 12.7. The molecule has 1 aliphatic heterocycles. The summed E-state index contributed by atoms with van der Waals surface area (Å²) in [6.45, 7) is 1.94. The molecule has 2 aromatic carbocycles.